The van der Waals surface area contributed by atoms with Gasteiger partial charge in [-0.1, -0.05) is 11.6 Å². The van der Waals surface area contributed by atoms with Crippen LogP contribution in [0.3, 0.4) is 0 Å². The quantitative estimate of drug-likeness (QED) is 0.886. The van der Waals surface area contributed by atoms with Gasteiger partial charge in [0.2, 0.25) is 0 Å². The van der Waals surface area contributed by atoms with Gasteiger partial charge in [0.05, 0.1) is 25.5 Å². The summed E-state index contributed by atoms with van der Waals surface area (Å²) in [5.74, 6) is 0.817. The van der Waals surface area contributed by atoms with E-state index < -0.39 is 0 Å². The number of hydrogen-bond acceptors (Lipinski definition) is 5. The average Bonchev–Trinajstić information content (AvgIpc) is 3.22. The molecule has 2 aliphatic rings. The van der Waals surface area contributed by atoms with E-state index >= 15 is 0 Å². The Morgan fingerprint density at radius 1 is 1.50 bits per heavy atom. The van der Waals surface area contributed by atoms with E-state index in [2.05, 4.69) is 20.2 Å². The molecule has 18 heavy (non-hydrogen) atoms. The van der Waals surface area contributed by atoms with Crippen molar-refractivity contribution in [2.45, 2.75) is 24.9 Å². The summed E-state index contributed by atoms with van der Waals surface area (Å²) >= 11 is 6.17. The van der Waals surface area contributed by atoms with Crippen LogP contribution in [0.5, 0.6) is 0 Å². The minimum atomic E-state index is 0.298. The first-order chi connectivity index (χ1) is 8.84. The number of halogens is 1. The van der Waals surface area contributed by atoms with Gasteiger partial charge in [-0.25, -0.2) is 9.97 Å². The van der Waals surface area contributed by atoms with E-state index in [1.54, 1.807) is 12.5 Å². The molecule has 0 aromatic carbocycles. The van der Waals surface area contributed by atoms with Crippen LogP contribution in [0.25, 0.3) is 0 Å². The Labute approximate surface area is 112 Å². The third-order valence-corrected chi connectivity index (χ3v) is 3.63. The number of anilines is 1. The number of hydrogen-bond donors (Lipinski definition) is 1. The first-order valence-corrected chi connectivity index (χ1v) is 6.75. The van der Waals surface area contributed by atoms with E-state index in [1.807, 2.05) is 0 Å². The van der Waals surface area contributed by atoms with Gasteiger partial charge in [0.1, 0.15) is 11.3 Å². The van der Waals surface area contributed by atoms with Crippen LogP contribution in [0.15, 0.2) is 12.5 Å². The second-order valence-corrected chi connectivity index (χ2v) is 5.21. The first kappa shape index (κ1) is 12.1. The molecular formula is C12H17ClN4O. The molecule has 3 rings (SSSR count). The molecule has 0 amide bonds. The summed E-state index contributed by atoms with van der Waals surface area (Å²) in [7, 11) is 0. The lowest BCUT2D eigenvalue weighted by atomic mass is 10.2. The molecule has 2 heterocycles. The number of nitrogens with zero attached hydrogens (tertiary/aromatic N) is 3. The van der Waals surface area contributed by atoms with Gasteiger partial charge in [-0.05, 0) is 12.8 Å². The van der Waals surface area contributed by atoms with E-state index in [-0.39, 0.29) is 0 Å². The van der Waals surface area contributed by atoms with Crippen molar-refractivity contribution >= 4 is 17.4 Å². The van der Waals surface area contributed by atoms with Crippen LogP contribution in [-0.2, 0) is 4.74 Å². The summed E-state index contributed by atoms with van der Waals surface area (Å²) in [6.07, 6.45) is 5.77. The Bertz CT molecular complexity index is 413. The number of nitrogens with one attached hydrogen (secondary N) is 1. The molecule has 2 fully saturated rings. The molecule has 1 saturated carbocycles. The zero-order chi connectivity index (χ0) is 12.4. The van der Waals surface area contributed by atoms with Crippen molar-refractivity contribution in [1.82, 2.24) is 15.3 Å². The highest BCUT2D eigenvalue weighted by Crippen LogP contribution is 2.25. The van der Waals surface area contributed by atoms with Gasteiger partial charge in [-0.3, -0.25) is 0 Å². The minimum absolute atomic E-state index is 0.298. The van der Waals surface area contributed by atoms with E-state index in [0.29, 0.717) is 17.1 Å². The van der Waals surface area contributed by atoms with Gasteiger partial charge in [0.25, 0.3) is 0 Å². The van der Waals surface area contributed by atoms with Crippen molar-refractivity contribution in [1.29, 1.82) is 0 Å². The van der Waals surface area contributed by atoms with Crippen LogP contribution in [-0.4, -0.2) is 48.4 Å². The molecular weight excluding hydrogens is 252 g/mol. The van der Waals surface area contributed by atoms with E-state index in [9.17, 15) is 0 Å². The van der Waals surface area contributed by atoms with Crippen LogP contribution in [0.2, 0.25) is 5.02 Å². The lowest BCUT2D eigenvalue weighted by Gasteiger charge is -2.37. The summed E-state index contributed by atoms with van der Waals surface area (Å²) in [6.45, 7) is 3.19. The third kappa shape index (κ3) is 2.74. The maximum Gasteiger partial charge on any atom is 0.151 e. The van der Waals surface area contributed by atoms with Gasteiger partial charge in [0.15, 0.2) is 5.82 Å². The standard InChI is InChI=1S/C12H17ClN4O/c13-11-6-14-8-16-12(11)17-3-4-18-7-10(17)5-15-9-1-2-9/h6,8-10,15H,1-5,7H2. The summed E-state index contributed by atoms with van der Waals surface area (Å²) in [6, 6.07) is 1.00. The SMILES string of the molecule is Clc1cncnc1N1CCOCC1CNC1CC1. The second-order valence-electron chi connectivity index (χ2n) is 4.80. The van der Waals surface area contributed by atoms with Gasteiger partial charge < -0.3 is 15.0 Å². The Morgan fingerprint density at radius 3 is 3.17 bits per heavy atom. The lowest BCUT2D eigenvalue weighted by molar-refractivity contribution is 0.0932. The fraction of sp³-hybridized carbons (Fsp3) is 0.667. The summed E-state index contributed by atoms with van der Waals surface area (Å²) in [5.41, 5.74) is 0. The van der Waals surface area contributed by atoms with Crippen LogP contribution >= 0.6 is 11.6 Å². The largest absolute Gasteiger partial charge is 0.377 e. The normalized spacial score (nSPS) is 24.3. The molecule has 0 radical (unpaired) electrons. The highest BCUT2D eigenvalue weighted by molar-refractivity contribution is 6.32. The maximum atomic E-state index is 6.17. The highest BCUT2D eigenvalue weighted by atomic mass is 35.5. The minimum Gasteiger partial charge on any atom is -0.377 e. The first-order valence-electron chi connectivity index (χ1n) is 6.38. The van der Waals surface area contributed by atoms with Crippen LogP contribution in [0.1, 0.15) is 12.8 Å². The molecule has 0 spiro atoms. The molecule has 1 aromatic heterocycles. The smallest absolute Gasteiger partial charge is 0.151 e. The number of ether oxygens (including phenoxy) is 1. The van der Waals surface area contributed by atoms with Gasteiger partial charge in [0, 0.05) is 19.1 Å². The van der Waals surface area contributed by atoms with E-state index in [4.69, 9.17) is 16.3 Å². The number of aromatic nitrogens is 2. The van der Waals surface area contributed by atoms with Gasteiger partial charge >= 0.3 is 0 Å². The molecule has 1 saturated heterocycles. The molecule has 98 valence electrons. The molecule has 5 nitrogen and oxygen atoms in total. The van der Waals surface area contributed by atoms with Gasteiger partial charge in [-0.15, -0.1) is 0 Å². The van der Waals surface area contributed by atoms with Crippen molar-refractivity contribution < 1.29 is 4.74 Å². The monoisotopic (exact) mass is 268 g/mol. The van der Waals surface area contributed by atoms with Gasteiger partial charge in [-0.2, -0.15) is 0 Å². The molecule has 0 bridgehead atoms. The fourth-order valence-electron chi connectivity index (χ4n) is 2.21. The molecule has 6 heteroatoms. The Hall–Kier alpha value is -0.910. The van der Waals surface area contributed by atoms with Crippen LogP contribution in [0, 0.1) is 0 Å². The maximum absolute atomic E-state index is 6.17. The molecule has 1 aromatic rings. The molecule has 1 aliphatic heterocycles. The summed E-state index contributed by atoms with van der Waals surface area (Å²) in [4.78, 5) is 10.5. The average molecular weight is 269 g/mol. The Morgan fingerprint density at radius 2 is 2.39 bits per heavy atom. The molecule has 1 unspecified atom stereocenters. The lowest BCUT2D eigenvalue weighted by Crippen LogP contribution is -2.51. The molecule has 1 aliphatic carbocycles. The van der Waals surface area contributed by atoms with Crippen molar-refractivity contribution in [3.8, 4) is 0 Å². The Kier molecular flexibility index (Phi) is 3.63. The molecule has 1 N–H and O–H groups in total. The second kappa shape index (κ2) is 5.38. The van der Waals surface area contributed by atoms with Crippen LogP contribution < -0.4 is 10.2 Å². The predicted molar refractivity (Wildman–Crippen MR) is 70.0 cm³/mol. The third-order valence-electron chi connectivity index (χ3n) is 3.37. The number of morpholine rings is 1. The van der Waals surface area contributed by atoms with E-state index in [0.717, 1.165) is 32.1 Å². The van der Waals surface area contributed by atoms with Crippen molar-refractivity contribution in [3.63, 3.8) is 0 Å². The topological polar surface area (TPSA) is 50.3 Å². The van der Waals surface area contributed by atoms with Crippen molar-refractivity contribution in [2.75, 3.05) is 31.2 Å². The van der Waals surface area contributed by atoms with Crippen LogP contribution in [0.4, 0.5) is 5.82 Å². The van der Waals surface area contributed by atoms with Crippen molar-refractivity contribution in [3.05, 3.63) is 17.5 Å². The summed E-state index contributed by atoms with van der Waals surface area (Å²) < 4.78 is 5.56. The highest BCUT2D eigenvalue weighted by Gasteiger charge is 2.28. The number of rotatable bonds is 4. The fourth-order valence-corrected chi connectivity index (χ4v) is 2.42. The van der Waals surface area contributed by atoms with E-state index in [1.165, 1.54) is 12.8 Å². The zero-order valence-corrected chi connectivity index (χ0v) is 10.9. The Balaban J connectivity index is 1.71. The molecule has 1 atom stereocenters. The van der Waals surface area contributed by atoms with Crippen molar-refractivity contribution in [2.24, 2.45) is 0 Å². The zero-order valence-electron chi connectivity index (χ0n) is 10.2. The predicted octanol–water partition coefficient (Wildman–Crippen LogP) is 1.09. The summed E-state index contributed by atoms with van der Waals surface area (Å²) in [5, 5.41) is 4.14.